The van der Waals surface area contributed by atoms with Crippen LogP contribution in [0.5, 0.6) is 0 Å². The number of rotatable bonds is 2. The number of allylic oxidation sites excluding steroid dienone is 2. The fourth-order valence-corrected chi connectivity index (χ4v) is 1.49. The molecule has 78 valence electrons. The van der Waals surface area contributed by atoms with Gasteiger partial charge in [-0.1, -0.05) is 56.7 Å². The molecule has 0 aliphatic heterocycles. The van der Waals surface area contributed by atoms with E-state index >= 15 is 0 Å². The van der Waals surface area contributed by atoms with Crippen molar-refractivity contribution in [3.63, 3.8) is 0 Å². The normalized spacial score (nSPS) is 8.64. The summed E-state index contributed by atoms with van der Waals surface area (Å²) in [6.45, 7) is 10.5. The van der Waals surface area contributed by atoms with Crippen LogP contribution in [0.3, 0.4) is 0 Å². The fraction of sp³-hybridized carbons (Fsp3) is 0.429. The highest BCUT2D eigenvalue weighted by atomic mass is 14.0. The van der Waals surface area contributed by atoms with Crippen molar-refractivity contribution in [2.45, 2.75) is 41.0 Å². The Hall–Kier alpha value is -1.04. The minimum atomic E-state index is 1.12. The minimum Gasteiger partial charge on any atom is -0.0726 e. The molecule has 0 aliphatic carbocycles. The number of hydrogen-bond donors (Lipinski definition) is 0. The van der Waals surface area contributed by atoms with Gasteiger partial charge in [-0.25, -0.2) is 0 Å². The Labute approximate surface area is 88.7 Å². The lowest BCUT2D eigenvalue weighted by Gasteiger charge is -2.06. The smallest absolute Gasteiger partial charge is 0.0225 e. The largest absolute Gasteiger partial charge is 0.0726 e. The molecule has 1 aromatic carbocycles. The van der Waals surface area contributed by atoms with Crippen molar-refractivity contribution in [1.82, 2.24) is 0 Å². The molecule has 0 nitrogen and oxygen atoms in total. The summed E-state index contributed by atoms with van der Waals surface area (Å²) >= 11 is 0. The average Bonchev–Trinajstić information content (AvgIpc) is 2.23. The van der Waals surface area contributed by atoms with Crippen molar-refractivity contribution in [1.29, 1.82) is 0 Å². The third-order valence-electron chi connectivity index (χ3n) is 2.08. The van der Waals surface area contributed by atoms with Crippen LogP contribution in [0.4, 0.5) is 0 Å². The highest BCUT2D eigenvalue weighted by Gasteiger charge is 1.98. The maximum absolute atomic E-state index is 2.20. The Bertz CT molecular complexity index is 263. The molecule has 0 heterocycles. The van der Waals surface area contributed by atoms with Gasteiger partial charge in [0.1, 0.15) is 0 Å². The molecule has 0 N–H and O–H groups in total. The van der Waals surface area contributed by atoms with Gasteiger partial charge in [-0.05, 0) is 31.4 Å². The molecule has 0 fully saturated rings. The average molecular weight is 190 g/mol. The summed E-state index contributed by atoms with van der Waals surface area (Å²) in [7, 11) is 0. The van der Waals surface area contributed by atoms with Crippen LogP contribution in [-0.4, -0.2) is 0 Å². The molecular formula is C14H22. The van der Waals surface area contributed by atoms with E-state index in [9.17, 15) is 0 Å². The van der Waals surface area contributed by atoms with Crippen LogP contribution in [0.25, 0.3) is 5.57 Å². The van der Waals surface area contributed by atoms with Crippen LogP contribution in [0.15, 0.2) is 35.9 Å². The van der Waals surface area contributed by atoms with Gasteiger partial charge in [0.15, 0.2) is 0 Å². The van der Waals surface area contributed by atoms with Gasteiger partial charge < -0.3 is 0 Å². The van der Waals surface area contributed by atoms with Crippen LogP contribution in [-0.2, 0) is 0 Å². The van der Waals surface area contributed by atoms with Gasteiger partial charge in [0.25, 0.3) is 0 Å². The van der Waals surface area contributed by atoms with Crippen LogP contribution in [0, 0.1) is 0 Å². The lowest BCUT2D eigenvalue weighted by molar-refractivity contribution is 1.19. The van der Waals surface area contributed by atoms with Gasteiger partial charge in [-0.15, -0.1) is 0 Å². The molecule has 0 saturated carbocycles. The second kappa shape index (κ2) is 7.37. The Morgan fingerprint density at radius 3 is 1.86 bits per heavy atom. The summed E-state index contributed by atoms with van der Waals surface area (Å²) in [5, 5.41) is 0. The second-order valence-corrected chi connectivity index (χ2v) is 3.20. The molecule has 0 aromatic heterocycles. The quantitative estimate of drug-likeness (QED) is 0.621. The van der Waals surface area contributed by atoms with Crippen molar-refractivity contribution >= 4 is 5.57 Å². The van der Waals surface area contributed by atoms with Gasteiger partial charge in [0.2, 0.25) is 0 Å². The van der Waals surface area contributed by atoms with Gasteiger partial charge in [-0.2, -0.15) is 0 Å². The van der Waals surface area contributed by atoms with Gasteiger partial charge in [-0.3, -0.25) is 0 Å². The van der Waals surface area contributed by atoms with E-state index in [0.29, 0.717) is 0 Å². The molecule has 0 amide bonds. The van der Waals surface area contributed by atoms with Crippen LogP contribution < -0.4 is 0 Å². The predicted molar refractivity (Wildman–Crippen MR) is 66.3 cm³/mol. The standard InChI is InChI=1S/C12H16.C2H6/c1-4-12(10(2)3)11-8-6-5-7-9-11;1-2/h5-9H,4H2,1-3H3;1-2H3. The molecule has 0 unspecified atom stereocenters. The molecule has 0 aliphatic rings. The molecular weight excluding hydrogens is 168 g/mol. The summed E-state index contributed by atoms with van der Waals surface area (Å²) in [5.74, 6) is 0. The molecule has 0 saturated heterocycles. The fourth-order valence-electron chi connectivity index (χ4n) is 1.49. The molecule has 1 aromatic rings. The number of benzene rings is 1. The first-order valence-electron chi connectivity index (χ1n) is 5.47. The van der Waals surface area contributed by atoms with Crippen molar-refractivity contribution in [3.8, 4) is 0 Å². The van der Waals surface area contributed by atoms with E-state index < -0.39 is 0 Å². The van der Waals surface area contributed by atoms with E-state index in [0.717, 1.165) is 6.42 Å². The first-order valence-corrected chi connectivity index (χ1v) is 5.47. The zero-order chi connectivity index (χ0) is 11.0. The van der Waals surface area contributed by atoms with Crippen LogP contribution in [0.2, 0.25) is 0 Å². The van der Waals surface area contributed by atoms with Gasteiger partial charge >= 0.3 is 0 Å². The Morgan fingerprint density at radius 2 is 1.50 bits per heavy atom. The number of hydrogen-bond acceptors (Lipinski definition) is 0. The minimum absolute atomic E-state index is 1.12. The van der Waals surface area contributed by atoms with Gasteiger partial charge in [0, 0.05) is 0 Å². The monoisotopic (exact) mass is 190 g/mol. The molecule has 14 heavy (non-hydrogen) atoms. The first-order chi connectivity index (χ1) is 6.75. The highest BCUT2D eigenvalue weighted by Crippen LogP contribution is 2.20. The maximum Gasteiger partial charge on any atom is -0.0225 e. The SMILES string of the molecule is CC.CCC(=C(C)C)c1ccccc1. The zero-order valence-electron chi connectivity index (χ0n) is 10.1. The van der Waals surface area contributed by atoms with Crippen molar-refractivity contribution < 1.29 is 0 Å². The summed E-state index contributed by atoms with van der Waals surface area (Å²) in [6.07, 6.45) is 1.12. The Morgan fingerprint density at radius 1 is 1.00 bits per heavy atom. The van der Waals surface area contributed by atoms with E-state index in [1.54, 1.807) is 0 Å². The zero-order valence-corrected chi connectivity index (χ0v) is 10.1. The topological polar surface area (TPSA) is 0 Å². The molecule has 0 atom stereocenters. The molecule has 0 spiro atoms. The van der Waals surface area contributed by atoms with E-state index in [2.05, 4.69) is 51.1 Å². The summed E-state index contributed by atoms with van der Waals surface area (Å²) in [5.41, 5.74) is 4.25. The van der Waals surface area contributed by atoms with Crippen molar-refractivity contribution in [2.24, 2.45) is 0 Å². The van der Waals surface area contributed by atoms with E-state index in [1.165, 1.54) is 16.7 Å². The van der Waals surface area contributed by atoms with Gasteiger partial charge in [0.05, 0.1) is 0 Å². The van der Waals surface area contributed by atoms with E-state index in [1.807, 2.05) is 13.8 Å². The summed E-state index contributed by atoms with van der Waals surface area (Å²) in [4.78, 5) is 0. The maximum atomic E-state index is 2.20. The second-order valence-electron chi connectivity index (χ2n) is 3.20. The Balaban J connectivity index is 0.000000791. The van der Waals surface area contributed by atoms with Crippen molar-refractivity contribution in [3.05, 3.63) is 41.5 Å². The summed E-state index contributed by atoms with van der Waals surface area (Å²) in [6, 6.07) is 10.6. The van der Waals surface area contributed by atoms with Crippen LogP contribution >= 0.6 is 0 Å². The molecule has 1 rings (SSSR count). The molecule has 0 radical (unpaired) electrons. The Kier molecular flexibility index (Phi) is 6.82. The van der Waals surface area contributed by atoms with E-state index in [-0.39, 0.29) is 0 Å². The lowest BCUT2D eigenvalue weighted by atomic mass is 9.99. The molecule has 0 heteroatoms. The summed E-state index contributed by atoms with van der Waals surface area (Å²) < 4.78 is 0. The van der Waals surface area contributed by atoms with Crippen molar-refractivity contribution in [2.75, 3.05) is 0 Å². The third kappa shape index (κ3) is 3.78. The third-order valence-corrected chi connectivity index (χ3v) is 2.08. The van der Waals surface area contributed by atoms with Crippen LogP contribution in [0.1, 0.15) is 46.6 Å². The first kappa shape index (κ1) is 13.0. The lowest BCUT2D eigenvalue weighted by Crippen LogP contribution is -1.84. The van der Waals surface area contributed by atoms with E-state index in [4.69, 9.17) is 0 Å². The molecule has 0 bridgehead atoms. The highest BCUT2D eigenvalue weighted by molar-refractivity contribution is 5.67. The predicted octanol–water partition coefficient (Wildman–Crippen LogP) is 4.92.